The highest BCUT2D eigenvalue weighted by Crippen LogP contribution is 2.26. The molecule has 0 radical (unpaired) electrons. The summed E-state index contributed by atoms with van der Waals surface area (Å²) in [5, 5.41) is 6.81. The molecule has 3 rings (SSSR count). The molecule has 0 saturated carbocycles. The maximum Gasteiger partial charge on any atom is 0.145 e. The van der Waals surface area contributed by atoms with E-state index in [1.807, 2.05) is 16.9 Å². The molecular weight excluding hydrogens is 260 g/mol. The van der Waals surface area contributed by atoms with E-state index in [-0.39, 0.29) is 0 Å². The number of hydrogen-bond donors (Lipinski definition) is 1. The van der Waals surface area contributed by atoms with Crippen molar-refractivity contribution in [1.29, 1.82) is 0 Å². The van der Waals surface area contributed by atoms with Crippen molar-refractivity contribution >= 4 is 22.3 Å². The first-order valence-electron chi connectivity index (χ1n) is 7.29. The van der Waals surface area contributed by atoms with E-state index in [9.17, 15) is 0 Å². The van der Waals surface area contributed by atoms with Crippen molar-refractivity contribution in [3.05, 3.63) is 54.7 Å². The highest BCUT2D eigenvalue weighted by molar-refractivity contribution is 5.94. The summed E-state index contributed by atoms with van der Waals surface area (Å²) < 4.78 is 1.89. The quantitative estimate of drug-likeness (QED) is 0.781. The van der Waals surface area contributed by atoms with Crippen LogP contribution in [-0.2, 0) is 6.54 Å². The van der Waals surface area contributed by atoms with Crippen molar-refractivity contribution in [1.82, 2.24) is 9.78 Å². The SMILES string of the molecule is CCN(CCn1ccc(N)n1)c1cccc2ccccc12. The van der Waals surface area contributed by atoms with Crippen LogP contribution in [0.1, 0.15) is 6.92 Å². The second-order valence-electron chi connectivity index (χ2n) is 5.08. The third-order valence-electron chi connectivity index (χ3n) is 3.75. The lowest BCUT2D eigenvalue weighted by molar-refractivity contribution is 0.603. The zero-order valence-corrected chi connectivity index (χ0v) is 12.2. The van der Waals surface area contributed by atoms with Crippen molar-refractivity contribution < 1.29 is 0 Å². The van der Waals surface area contributed by atoms with Crippen LogP contribution in [0.15, 0.2) is 54.7 Å². The number of rotatable bonds is 5. The molecule has 0 aliphatic heterocycles. The van der Waals surface area contributed by atoms with Crippen LogP contribution in [-0.4, -0.2) is 22.9 Å². The topological polar surface area (TPSA) is 47.1 Å². The van der Waals surface area contributed by atoms with E-state index in [0.29, 0.717) is 5.82 Å². The second-order valence-corrected chi connectivity index (χ2v) is 5.08. The summed E-state index contributed by atoms with van der Waals surface area (Å²) in [4.78, 5) is 2.38. The van der Waals surface area contributed by atoms with Gasteiger partial charge in [-0.3, -0.25) is 4.68 Å². The lowest BCUT2D eigenvalue weighted by atomic mass is 10.1. The van der Waals surface area contributed by atoms with Crippen LogP contribution in [0, 0.1) is 0 Å². The van der Waals surface area contributed by atoms with Crippen LogP contribution in [0.25, 0.3) is 10.8 Å². The molecule has 3 aromatic rings. The zero-order chi connectivity index (χ0) is 14.7. The third kappa shape index (κ3) is 2.84. The van der Waals surface area contributed by atoms with Gasteiger partial charge in [-0.1, -0.05) is 36.4 Å². The lowest BCUT2D eigenvalue weighted by Gasteiger charge is -2.24. The highest BCUT2D eigenvalue weighted by Gasteiger charge is 2.08. The van der Waals surface area contributed by atoms with Crippen molar-refractivity contribution in [2.75, 3.05) is 23.7 Å². The average molecular weight is 280 g/mol. The van der Waals surface area contributed by atoms with Gasteiger partial charge < -0.3 is 10.6 Å². The Morgan fingerprint density at radius 2 is 1.90 bits per heavy atom. The van der Waals surface area contributed by atoms with Gasteiger partial charge in [0.25, 0.3) is 0 Å². The minimum atomic E-state index is 0.572. The van der Waals surface area contributed by atoms with Crippen LogP contribution in [0.4, 0.5) is 11.5 Å². The molecule has 2 aromatic carbocycles. The van der Waals surface area contributed by atoms with Gasteiger partial charge in [-0.05, 0) is 24.4 Å². The summed E-state index contributed by atoms with van der Waals surface area (Å²) in [6.45, 7) is 4.88. The monoisotopic (exact) mass is 280 g/mol. The van der Waals surface area contributed by atoms with Gasteiger partial charge in [-0.25, -0.2) is 0 Å². The molecule has 1 aromatic heterocycles. The number of aromatic nitrogens is 2. The minimum absolute atomic E-state index is 0.572. The normalized spacial score (nSPS) is 10.9. The number of likely N-dealkylation sites (N-methyl/N-ethyl adjacent to an activating group) is 1. The molecule has 2 N–H and O–H groups in total. The summed E-state index contributed by atoms with van der Waals surface area (Å²) in [5.74, 6) is 0.572. The molecule has 0 unspecified atom stereocenters. The van der Waals surface area contributed by atoms with Crippen molar-refractivity contribution in [2.24, 2.45) is 0 Å². The number of fused-ring (bicyclic) bond motifs is 1. The van der Waals surface area contributed by atoms with Crippen molar-refractivity contribution in [3.63, 3.8) is 0 Å². The Hall–Kier alpha value is -2.49. The molecule has 21 heavy (non-hydrogen) atoms. The smallest absolute Gasteiger partial charge is 0.145 e. The zero-order valence-electron chi connectivity index (χ0n) is 12.2. The first kappa shape index (κ1) is 13.5. The number of nitrogen functional groups attached to an aromatic ring is 1. The molecule has 0 spiro atoms. The maximum absolute atomic E-state index is 5.66. The van der Waals surface area contributed by atoms with E-state index < -0.39 is 0 Å². The molecule has 1 heterocycles. The van der Waals surface area contributed by atoms with Gasteiger partial charge in [-0.2, -0.15) is 5.10 Å². The Kier molecular flexibility index (Phi) is 3.77. The molecule has 0 aliphatic carbocycles. The van der Waals surface area contributed by atoms with E-state index in [1.165, 1.54) is 16.5 Å². The van der Waals surface area contributed by atoms with E-state index in [1.54, 1.807) is 0 Å². The Balaban J connectivity index is 1.84. The van der Waals surface area contributed by atoms with Gasteiger partial charge in [0.15, 0.2) is 0 Å². The van der Waals surface area contributed by atoms with Crippen LogP contribution < -0.4 is 10.6 Å². The number of nitrogens with zero attached hydrogens (tertiary/aromatic N) is 3. The molecule has 0 bridgehead atoms. The van der Waals surface area contributed by atoms with Crippen LogP contribution in [0.5, 0.6) is 0 Å². The van der Waals surface area contributed by atoms with Crippen LogP contribution in [0.2, 0.25) is 0 Å². The van der Waals surface area contributed by atoms with Gasteiger partial charge in [0.2, 0.25) is 0 Å². The molecule has 0 aliphatic rings. The maximum atomic E-state index is 5.66. The average Bonchev–Trinajstić information content (AvgIpc) is 2.93. The summed E-state index contributed by atoms with van der Waals surface area (Å²) in [6, 6.07) is 16.8. The van der Waals surface area contributed by atoms with Crippen LogP contribution >= 0.6 is 0 Å². The predicted molar refractivity (Wildman–Crippen MR) is 88.5 cm³/mol. The molecule has 0 saturated heterocycles. The van der Waals surface area contributed by atoms with Gasteiger partial charge in [0.1, 0.15) is 5.82 Å². The summed E-state index contributed by atoms with van der Waals surface area (Å²) in [6.07, 6.45) is 1.92. The Morgan fingerprint density at radius 3 is 2.67 bits per heavy atom. The summed E-state index contributed by atoms with van der Waals surface area (Å²) in [5.41, 5.74) is 6.93. The molecule has 0 atom stereocenters. The van der Waals surface area contributed by atoms with Gasteiger partial charge in [0.05, 0.1) is 6.54 Å². The van der Waals surface area contributed by atoms with Crippen molar-refractivity contribution in [3.8, 4) is 0 Å². The fourth-order valence-corrected chi connectivity index (χ4v) is 2.66. The number of hydrogen-bond acceptors (Lipinski definition) is 3. The van der Waals surface area contributed by atoms with Gasteiger partial charge >= 0.3 is 0 Å². The van der Waals surface area contributed by atoms with Gasteiger partial charge in [0, 0.05) is 30.4 Å². The standard InChI is InChI=1S/C17H20N4/c1-2-20(12-13-21-11-10-17(18)19-21)16-9-5-7-14-6-3-4-8-15(14)16/h3-11H,2,12-13H2,1H3,(H2,18,19). The first-order valence-corrected chi connectivity index (χ1v) is 7.29. The number of benzene rings is 2. The molecule has 0 amide bonds. The minimum Gasteiger partial charge on any atom is -0.382 e. The fraction of sp³-hybridized carbons (Fsp3) is 0.235. The highest BCUT2D eigenvalue weighted by atomic mass is 15.3. The molecule has 4 heteroatoms. The Bertz CT molecular complexity index is 727. The fourth-order valence-electron chi connectivity index (χ4n) is 2.66. The number of anilines is 2. The van der Waals surface area contributed by atoms with E-state index in [2.05, 4.69) is 59.4 Å². The Morgan fingerprint density at radius 1 is 1.10 bits per heavy atom. The second kappa shape index (κ2) is 5.87. The first-order chi connectivity index (χ1) is 10.3. The van der Waals surface area contributed by atoms with Crippen LogP contribution in [0.3, 0.4) is 0 Å². The predicted octanol–water partition coefficient (Wildman–Crippen LogP) is 3.15. The molecule has 4 nitrogen and oxygen atoms in total. The van der Waals surface area contributed by atoms with E-state index in [4.69, 9.17) is 5.73 Å². The van der Waals surface area contributed by atoms with E-state index in [0.717, 1.165) is 19.6 Å². The number of nitrogens with two attached hydrogens (primary N) is 1. The van der Waals surface area contributed by atoms with E-state index >= 15 is 0 Å². The summed E-state index contributed by atoms with van der Waals surface area (Å²) in [7, 11) is 0. The Labute approximate surface area is 124 Å². The molecule has 0 fully saturated rings. The third-order valence-corrected chi connectivity index (χ3v) is 3.75. The molecular formula is C17H20N4. The molecule has 108 valence electrons. The lowest BCUT2D eigenvalue weighted by Crippen LogP contribution is -2.27. The largest absolute Gasteiger partial charge is 0.382 e. The van der Waals surface area contributed by atoms with Gasteiger partial charge in [-0.15, -0.1) is 0 Å². The van der Waals surface area contributed by atoms with Crippen molar-refractivity contribution in [2.45, 2.75) is 13.5 Å². The summed E-state index contributed by atoms with van der Waals surface area (Å²) >= 11 is 0.